The lowest BCUT2D eigenvalue weighted by Gasteiger charge is -2.19. The zero-order valence-corrected chi connectivity index (χ0v) is 13.1. The number of H-pyrrole nitrogens is 1. The number of carbonyl (C=O) groups is 1. The molecule has 2 heterocycles. The van der Waals surface area contributed by atoms with Gasteiger partial charge in [-0.25, -0.2) is 4.68 Å². The molecule has 0 aliphatic rings. The average molecular weight is 307 g/mol. The number of nitrogens with one attached hydrogen (secondary N) is 1. The minimum Gasteiger partial charge on any atom is -0.460 e. The minimum atomic E-state index is -0.457. The summed E-state index contributed by atoms with van der Waals surface area (Å²) in [7, 11) is 0. The summed E-state index contributed by atoms with van der Waals surface area (Å²) < 4.78 is 12.3. The van der Waals surface area contributed by atoms with Gasteiger partial charge in [0, 0.05) is 11.8 Å². The third-order valence-corrected chi connectivity index (χ3v) is 2.67. The Morgan fingerprint density at radius 1 is 1.36 bits per heavy atom. The second-order valence-corrected chi connectivity index (χ2v) is 5.80. The first-order chi connectivity index (χ1) is 10.4. The van der Waals surface area contributed by atoms with Crippen molar-refractivity contribution < 1.29 is 14.3 Å². The molecule has 0 spiro atoms. The molecule has 0 saturated heterocycles. The highest BCUT2D eigenvalue weighted by Crippen LogP contribution is 2.12. The molecular weight excluding hydrogens is 286 g/mol. The van der Waals surface area contributed by atoms with E-state index in [2.05, 4.69) is 20.5 Å². The molecule has 120 valence electrons. The highest BCUT2D eigenvalue weighted by molar-refractivity contribution is 5.69. The molecule has 8 nitrogen and oxygen atoms in total. The number of hydrogen-bond donors (Lipinski definition) is 1. The molecule has 8 heteroatoms. The monoisotopic (exact) mass is 307 g/mol. The first-order valence-electron chi connectivity index (χ1n) is 7.13. The second kappa shape index (κ2) is 7.17. The van der Waals surface area contributed by atoms with Gasteiger partial charge in [0.2, 0.25) is 0 Å². The van der Waals surface area contributed by atoms with Gasteiger partial charge in [0.15, 0.2) is 0 Å². The van der Waals surface area contributed by atoms with Crippen LogP contribution in [0.4, 0.5) is 0 Å². The number of aromatic nitrogens is 5. The van der Waals surface area contributed by atoms with Crippen LogP contribution in [0.5, 0.6) is 0 Å². The number of nitrogens with zero attached hydrogens (tertiary/aromatic N) is 4. The molecule has 2 aromatic rings. The third kappa shape index (κ3) is 5.28. The predicted molar refractivity (Wildman–Crippen MR) is 78.9 cm³/mol. The number of ether oxygens (including phenoxy) is 2. The molecule has 0 fully saturated rings. The molecule has 0 saturated carbocycles. The molecule has 22 heavy (non-hydrogen) atoms. The van der Waals surface area contributed by atoms with Gasteiger partial charge < -0.3 is 9.47 Å². The molecule has 0 aromatic carbocycles. The molecule has 2 rings (SSSR count). The van der Waals surface area contributed by atoms with Crippen LogP contribution in [0, 0.1) is 0 Å². The molecule has 0 amide bonds. The van der Waals surface area contributed by atoms with Crippen LogP contribution >= 0.6 is 0 Å². The van der Waals surface area contributed by atoms with Crippen molar-refractivity contribution in [2.75, 3.05) is 13.2 Å². The van der Waals surface area contributed by atoms with Gasteiger partial charge in [-0.15, -0.1) is 5.10 Å². The van der Waals surface area contributed by atoms with Crippen LogP contribution in [-0.2, 0) is 20.8 Å². The van der Waals surface area contributed by atoms with Crippen molar-refractivity contribution in [3.8, 4) is 11.3 Å². The van der Waals surface area contributed by atoms with E-state index in [1.807, 2.05) is 27.0 Å². The van der Waals surface area contributed by atoms with E-state index in [0.29, 0.717) is 19.8 Å². The van der Waals surface area contributed by atoms with Gasteiger partial charge >= 0.3 is 5.97 Å². The number of aromatic amines is 1. The van der Waals surface area contributed by atoms with Crippen molar-refractivity contribution in [3.63, 3.8) is 0 Å². The average Bonchev–Trinajstić information content (AvgIpc) is 3.06. The summed E-state index contributed by atoms with van der Waals surface area (Å²) >= 11 is 0. The quantitative estimate of drug-likeness (QED) is 0.614. The molecule has 0 aliphatic carbocycles. The zero-order valence-electron chi connectivity index (χ0n) is 13.1. The summed E-state index contributed by atoms with van der Waals surface area (Å²) in [5, 5.41) is 14.7. The van der Waals surface area contributed by atoms with Gasteiger partial charge in [-0.2, -0.15) is 5.10 Å². The van der Waals surface area contributed by atoms with Crippen molar-refractivity contribution in [2.24, 2.45) is 0 Å². The number of rotatable bonds is 7. The number of hydrogen-bond acceptors (Lipinski definition) is 6. The predicted octanol–water partition coefficient (Wildman–Crippen LogP) is 1.42. The van der Waals surface area contributed by atoms with E-state index in [1.165, 1.54) is 0 Å². The smallest absolute Gasteiger partial charge is 0.308 e. The van der Waals surface area contributed by atoms with Gasteiger partial charge in [0.1, 0.15) is 11.3 Å². The van der Waals surface area contributed by atoms with Gasteiger partial charge in [-0.05, 0) is 20.8 Å². The van der Waals surface area contributed by atoms with Gasteiger partial charge in [0.05, 0.1) is 38.6 Å². The van der Waals surface area contributed by atoms with E-state index >= 15 is 0 Å². The molecule has 0 unspecified atom stereocenters. The number of esters is 1. The maximum Gasteiger partial charge on any atom is 0.308 e. The van der Waals surface area contributed by atoms with Crippen LogP contribution in [0.15, 0.2) is 18.6 Å². The Hall–Kier alpha value is -2.22. The normalized spacial score (nSPS) is 11.6. The summed E-state index contributed by atoms with van der Waals surface area (Å²) in [6, 6.07) is 0. The summed E-state index contributed by atoms with van der Waals surface area (Å²) in [5.41, 5.74) is 1.18. The Balaban J connectivity index is 1.64. The Bertz CT molecular complexity index is 586. The van der Waals surface area contributed by atoms with Gasteiger partial charge in [-0.1, -0.05) is 5.21 Å². The van der Waals surface area contributed by atoms with E-state index in [0.717, 1.165) is 11.3 Å². The first kappa shape index (κ1) is 16.2. The van der Waals surface area contributed by atoms with Crippen LogP contribution in [0.3, 0.4) is 0 Å². The van der Waals surface area contributed by atoms with Crippen molar-refractivity contribution >= 4 is 5.97 Å². The molecule has 0 radical (unpaired) electrons. The first-order valence-corrected chi connectivity index (χ1v) is 7.13. The van der Waals surface area contributed by atoms with Crippen molar-refractivity contribution in [3.05, 3.63) is 18.6 Å². The molecule has 1 N–H and O–H groups in total. The SMILES string of the molecule is CC(C)(C)OC(=O)CCOCCn1cc(-c2cn[nH]c2)nn1. The van der Waals surface area contributed by atoms with Crippen LogP contribution < -0.4 is 0 Å². The molecule has 0 bridgehead atoms. The molecule has 2 aromatic heterocycles. The Morgan fingerprint density at radius 2 is 2.18 bits per heavy atom. The van der Waals surface area contributed by atoms with Crippen molar-refractivity contribution in [1.82, 2.24) is 25.2 Å². The summed E-state index contributed by atoms with van der Waals surface area (Å²) in [6.45, 7) is 6.88. The molecule has 0 aliphatic heterocycles. The minimum absolute atomic E-state index is 0.245. The van der Waals surface area contributed by atoms with Crippen molar-refractivity contribution in [1.29, 1.82) is 0 Å². The zero-order chi connectivity index (χ0) is 16.0. The fourth-order valence-corrected chi connectivity index (χ4v) is 1.74. The Kier molecular flexibility index (Phi) is 5.26. The van der Waals surface area contributed by atoms with E-state index < -0.39 is 5.60 Å². The maximum atomic E-state index is 11.5. The highest BCUT2D eigenvalue weighted by Gasteiger charge is 2.15. The maximum absolute atomic E-state index is 11.5. The van der Waals surface area contributed by atoms with Crippen molar-refractivity contribution in [2.45, 2.75) is 39.3 Å². The lowest BCUT2D eigenvalue weighted by molar-refractivity contribution is -0.156. The van der Waals surface area contributed by atoms with E-state index in [1.54, 1.807) is 17.1 Å². The lowest BCUT2D eigenvalue weighted by Crippen LogP contribution is -2.24. The fraction of sp³-hybridized carbons (Fsp3) is 0.571. The third-order valence-electron chi connectivity index (χ3n) is 2.67. The van der Waals surface area contributed by atoms with Gasteiger partial charge in [-0.3, -0.25) is 9.89 Å². The summed E-state index contributed by atoms with van der Waals surface area (Å²) in [6.07, 6.45) is 5.51. The van der Waals surface area contributed by atoms with Crippen LogP contribution in [0.25, 0.3) is 11.3 Å². The Morgan fingerprint density at radius 3 is 2.86 bits per heavy atom. The van der Waals surface area contributed by atoms with E-state index in [-0.39, 0.29) is 12.4 Å². The Labute approximate surface area is 128 Å². The molecular formula is C14H21N5O3. The van der Waals surface area contributed by atoms with Crippen LogP contribution in [0.2, 0.25) is 0 Å². The van der Waals surface area contributed by atoms with Crippen LogP contribution in [0.1, 0.15) is 27.2 Å². The summed E-state index contributed by atoms with van der Waals surface area (Å²) in [4.78, 5) is 11.5. The van der Waals surface area contributed by atoms with E-state index in [4.69, 9.17) is 9.47 Å². The number of carbonyl (C=O) groups excluding carboxylic acids is 1. The van der Waals surface area contributed by atoms with Gasteiger partial charge in [0.25, 0.3) is 0 Å². The standard InChI is InChI=1S/C14H21N5O3/c1-14(2,3)22-13(20)4-6-21-7-5-19-10-12(17-18-19)11-8-15-16-9-11/h8-10H,4-7H2,1-3H3,(H,15,16). The highest BCUT2D eigenvalue weighted by atomic mass is 16.6. The second-order valence-electron chi connectivity index (χ2n) is 5.80. The molecule has 0 atom stereocenters. The topological polar surface area (TPSA) is 94.9 Å². The lowest BCUT2D eigenvalue weighted by atomic mass is 10.2. The summed E-state index contributed by atoms with van der Waals surface area (Å²) in [5.74, 6) is -0.254. The van der Waals surface area contributed by atoms with E-state index in [9.17, 15) is 4.79 Å². The largest absolute Gasteiger partial charge is 0.460 e. The van der Waals surface area contributed by atoms with Crippen LogP contribution in [-0.4, -0.2) is 50.0 Å². The fourth-order valence-electron chi connectivity index (χ4n) is 1.74.